The summed E-state index contributed by atoms with van der Waals surface area (Å²) in [5, 5.41) is 0. The molecule has 0 aliphatic heterocycles. The highest BCUT2D eigenvalue weighted by atomic mass is 14.1. The van der Waals surface area contributed by atoms with Crippen molar-refractivity contribution in [2.45, 2.75) is 59.8 Å². The lowest BCUT2D eigenvalue weighted by atomic mass is 9.91. The molecule has 0 saturated carbocycles. The van der Waals surface area contributed by atoms with Gasteiger partial charge in [0.25, 0.3) is 0 Å². The third-order valence-electron chi connectivity index (χ3n) is 3.70. The molecule has 0 aliphatic rings. The Bertz CT molecular complexity index is 321. The van der Waals surface area contributed by atoms with Gasteiger partial charge >= 0.3 is 0 Å². The van der Waals surface area contributed by atoms with Crippen molar-refractivity contribution in [3.63, 3.8) is 0 Å². The number of benzene rings is 1. The predicted octanol–water partition coefficient (Wildman–Crippen LogP) is 4.86. The minimum Gasteiger partial charge on any atom is -0.0558 e. The molecule has 0 spiro atoms. The highest BCUT2D eigenvalue weighted by Crippen LogP contribution is 2.23. The summed E-state index contributed by atoms with van der Waals surface area (Å²) < 4.78 is 0. The Hall–Kier alpha value is -0.780. The molecule has 0 unspecified atom stereocenters. The molecule has 0 aromatic heterocycles. The molecule has 0 amide bonds. The summed E-state index contributed by atoms with van der Waals surface area (Å²) in [7, 11) is 0. The molecule has 0 aliphatic carbocycles. The van der Waals surface area contributed by atoms with Crippen molar-refractivity contribution in [2.75, 3.05) is 0 Å². The van der Waals surface area contributed by atoms with Gasteiger partial charge in [-0.05, 0) is 68.4 Å². The van der Waals surface area contributed by atoms with Gasteiger partial charge in [0.1, 0.15) is 0 Å². The van der Waals surface area contributed by atoms with Crippen LogP contribution in [0.1, 0.15) is 53.5 Å². The molecule has 0 heterocycles. The van der Waals surface area contributed by atoms with Crippen LogP contribution in [0, 0.1) is 34.6 Å². The van der Waals surface area contributed by atoms with E-state index in [1.807, 2.05) is 0 Å². The van der Waals surface area contributed by atoms with Crippen LogP contribution in [0.5, 0.6) is 0 Å². The van der Waals surface area contributed by atoms with Crippen LogP contribution in [0.4, 0.5) is 0 Å². The molecule has 1 rings (SSSR count). The van der Waals surface area contributed by atoms with E-state index in [4.69, 9.17) is 0 Å². The zero-order chi connectivity index (χ0) is 12.1. The zero-order valence-electron chi connectivity index (χ0n) is 11.3. The highest BCUT2D eigenvalue weighted by molar-refractivity contribution is 5.43. The molecule has 0 nitrogen and oxygen atoms in total. The largest absolute Gasteiger partial charge is 0.0558 e. The van der Waals surface area contributed by atoms with E-state index in [9.17, 15) is 0 Å². The minimum atomic E-state index is 1.07. The van der Waals surface area contributed by atoms with Gasteiger partial charge in [-0.2, -0.15) is 0 Å². The number of unbranched alkanes of at least 4 members (excludes halogenated alkanes) is 3. The molecule has 1 aromatic carbocycles. The van der Waals surface area contributed by atoms with Crippen molar-refractivity contribution in [2.24, 2.45) is 0 Å². The van der Waals surface area contributed by atoms with E-state index in [1.165, 1.54) is 47.9 Å². The minimum absolute atomic E-state index is 1.07. The molecular formula is C16H25. The summed E-state index contributed by atoms with van der Waals surface area (Å²) in [6.45, 7) is 12.9. The van der Waals surface area contributed by atoms with Crippen LogP contribution in [0.25, 0.3) is 0 Å². The Morgan fingerprint density at radius 2 is 1.44 bits per heavy atom. The first-order valence-corrected chi connectivity index (χ1v) is 6.43. The Morgan fingerprint density at radius 3 is 1.94 bits per heavy atom. The Labute approximate surface area is 101 Å². The lowest BCUT2D eigenvalue weighted by Crippen LogP contribution is -1.99. The van der Waals surface area contributed by atoms with Gasteiger partial charge in [0.05, 0.1) is 0 Å². The maximum Gasteiger partial charge on any atom is -0.0273 e. The molecular weight excluding hydrogens is 192 g/mol. The van der Waals surface area contributed by atoms with Crippen LogP contribution in [0.15, 0.2) is 6.07 Å². The Kier molecular flexibility index (Phi) is 5.05. The molecule has 16 heavy (non-hydrogen) atoms. The van der Waals surface area contributed by atoms with E-state index in [-0.39, 0.29) is 0 Å². The van der Waals surface area contributed by atoms with E-state index in [0.29, 0.717) is 0 Å². The second-order valence-electron chi connectivity index (χ2n) is 4.90. The van der Waals surface area contributed by atoms with E-state index < -0.39 is 0 Å². The lowest BCUT2D eigenvalue weighted by Gasteiger charge is -2.15. The van der Waals surface area contributed by atoms with Gasteiger partial charge in [-0.3, -0.25) is 0 Å². The second kappa shape index (κ2) is 6.08. The maximum atomic E-state index is 3.89. The molecule has 0 atom stereocenters. The fraction of sp³-hybridized carbons (Fsp3) is 0.562. The summed E-state index contributed by atoms with van der Waals surface area (Å²) >= 11 is 0. The topological polar surface area (TPSA) is 0 Å². The summed E-state index contributed by atoms with van der Waals surface area (Å²) in [6, 6.07) is 2.31. The first-order valence-electron chi connectivity index (χ1n) is 6.43. The first-order chi connectivity index (χ1) is 7.57. The molecule has 0 fully saturated rings. The number of rotatable bonds is 5. The summed E-state index contributed by atoms with van der Waals surface area (Å²) in [6.07, 6.45) is 6.20. The number of hydrogen-bond donors (Lipinski definition) is 0. The first kappa shape index (κ1) is 13.3. The molecule has 89 valence electrons. The van der Waals surface area contributed by atoms with Crippen LogP contribution < -0.4 is 0 Å². The van der Waals surface area contributed by atoms with Crippen molar-refractivity contribution < 1.29 is 0 Å². The maximum absolute atomic E-state index is 3.89. The second-order valence-corrected chi connectivity index (χ2v) is 4.90. The van der Waals surface area contributed by atoms with Crippen molar-refractivity contribution in [3.8, 4) is 0 Å². The van der Waals surface area contributed by atoms with Crippen LogP contribution >= 0.6 is 0 Å². The normalized spacial score (nSPS) is 10.8. The van der Waals surface area contributed by atoms with E-state index in [0.717, 1.165) is 6.42 Å². The lowest BCUT2D eigenvalue weighted by molar-refractivity contribution is 0.682. The molecule has 0 saturated heterocycles. The molecule has 1 aromatic rings. The third kappa shape index (κ3) is 3.10. The van der Waals surface area contributed by atoms with Gasteiger partial charge in [-0.25, -0.2) is 0 Å². The fourth-order valence-electron chi connectivity index (χ4n) is 2.33. The van der Waals surface area contributed by atoms with Crippen molar-refractivity contribution in [1.82, 2.24) is 0 Å². The van der Waals surface area contributed by atoms with Crippen LogP contribution in [0.2, 0.25) is 0 Å². The third-order valence-corrected chi connectivity index (χ3v) is 3.70. The van der Waals surface area contributed by atoms with Gasteiger partial charge in [0.15, 0.2) is 0 Å². The zero-order valence-corrected chi connectivity index (χ0v) is 11.3. The average Bonchev–Trinajstić information content (AvgIpc) is 2.25. The van der Waals surface area contributed by atoms with Crippen molar-refractivity contribution in [1.29, 1.82) is 0 Å². The Morgan fingerprint density at radius 1 is 0.875 bits per heavy atom. The average molecular weight is 217 g/mol. The summed E-state index contributed by atoms with van der Waals surface area (Å²) in [5.74, 6) is 0. The monoisotopic (exact) mass is 217 g/mol. The van der Waals surface area contributed by atoms with E-state index in [1.54, 1.807) is 5.56 Å². The SMILES string of the molecule is [CH2]CCCCCc1c(C)c(C)cc(C)c1C. The fourth-order valence-corrected chi connectivity index (χ4v) is 2.33. The Balaban J connectivity index is 2.78. The molecule has 0 bridgehead atoms. The number of hydrogen-bond acceptors (Lipinski definition) is 0. The molecule has 0 N–H and O–H groups in total. The van der Waals surface area contributed by atoms with Crippen molar-refractivity contribution in [3.05, 3.63) is 40.8 Å². The van der Waals surface area contributed by atoms with E-state index in [2.05, 4.69) is 40.7 Å². The van der Waals surface area contributed by atoms with Crippen LogP contribution in [0.3, 0.4) is 0 Å². The number of aryl methyl sites for hydroxylation is 2. The van der Waals surface area contributed by atoms with Crippen molar-refractivity contribution >= 4 is 0 Å². The molecule has 1 radical (unpaired) electrons. The molecule has 0 heteroatoms. The standard InChI is InChI=1S/C16H25/c1-6-7-8-9-10-16-14(4)12(2)11-13(3)15(16)5/h11H,1,6-10H2,2-5H3. The van der Waals surface area contributed by atoms with Gasteiger partial charge in [-0.1, -0.05) is 32.3 Å². The van der Waals surface area contributed by atoms with Gasteiger partial charge in [0, 0.05) is 0 Å². The van der Waals surface area contributed by atoms with Gasteiger partial charge in [-0.15, -0.1) is 0 Å². The quantitative estimate of drug-likeness (QED) is 0.618. The smallest absolute Gasteiger partial charge is 0.0273 e. The summed E-state index contributed by atoms with van der Waals surface area (Å²) in [4.78, 5) is 0. The highest BCUT2D eigenvalue weighted by Gasteiger charge is 2.07. The van der Waals surface area contributed by atoms with Crippen LogP contribution in [-0.2, 0) is 6.42 Å². The van der Waals surface area contributed by atoms with Crippen LogP contribution in [-0.4, -0.2) is 0 Å². The van der Waals surface area contributed by atoms with Gasteiger partial charge < -0.3 is 0 Å². The van der Waals surface area contributed by atoms with Gasteiger partial charge in [0.2, 0.25) is 0 Å². The summed E-state index contributed by atoms with van der Waals surface area (Å²) in [5.41, 5.74) is 7.46. The predicted molar refractivity (Wildman–Crippen MR) is 72.9 cm³/mol. The van der Waals surface area contributed by atoms with E-state index >= 15 is 0 Å².